The molecule has 5 rings (SSSR count). The Morgan fingerprint density at radius 1 is 1.08 bits per heavy atom. The number of carbonyl (C=O) groups is 1. The molecule has 0 aliphatic carbocycles. The zero-order valence-corrected chi connectivity index (χ0v) is 21.9. The number of aryl methyl sites for hydroxylation is 1. The third kappa shape index (κ3) is 4.98. The Labute approximate surface area is 221 Å². The number of carbonyl (C=O) groups excluding carboxylic acids is 1. The fraction of sp³-hybridized carbons (Fsp3) is 0.154. The van der Waals surface area contributed by atoms with Gasteiger partial charge in [0.05, 0.1) is 19.3 Å². The normalized spacial score (nSPS) is 11.1. The van der Waals surface area contributed by atoms with Crippen molar-refractivity contribution in [3.63, 3.8) is 0 Å². The van der Waals surface area contributed by atoms with Crippen LogP contribution in [0.3, 0.4) is 0 Å². The lowest BCUT2D eigenvalue weighted by molar-refractivity contribution is -0.116. The lowest BCUT2D eigenvalue weighted by Crippen LogP contribution is -2.20. The Hall–Kier alpha value is -3.69. The minimum Gasteiger partial charge on any atom is -0.497 e. The van der Waals surface area contributed by atoms with Crippen molar-refractivity contribution in [3.8, 4) is 16.9 Å². The minimum atomic E-state index is -0.299. The first-order valence-electron chi connectivity index (χ1n) is 11.1. The monoisotopic (exact) mass is 564 g/mol. The smallest absolute Gasteiger partial charge is 0.247 e. The summed E-state index contributed by atoms with van der Waals surface area (Å²) in [5, 5.41) is 13.1. The highest BCUT2D eigenvalue weighted by Crippen LogP contribution is 2.31. The Bertz CT molecular complexity index is 1540. The second kappa shape index (κ2) is 10.1. The van der Waals surface area contributed by atoms with Gasteiger partial charge in [-0.05, 0) is 53.9 Å². The first-order chi connectivity index (χ1) is 17.4. The quantitative estimate of drug-likeness (QED) is 0.273. The van der Waals surface area contributed by atoms with Crippen LogP contribution in [0.2, 0.25) is 5.02 Å². The van der Waals surface area contributed by atoms with Crippen molar-refractivity contribution >= 4 is 50.3 Å². The van der Waals surface area contributed by atoms with Crippen LogP contribution in [-0.2, 0) is 17.9 Å². The van der Waals surface area contributed by atoms with E-state index in [1.165, 1.54) is 0 Å². The van der Waals surface area contributed by atoms with Crippen LogP contribution in [0.15, 0.2) is 71.5 Å². The van der Waals surface area contributed by atoms with E-state index in [2.05, 4.69) is 36.4 Å². The molecule has 0 aliphatic heterocycles. The highest BCUT2D eigenvalue weighted by Gasteiger charge is 2.17. The van der Waals surface area contributed by atoms with Gasteiger partial charge in [0.15, 0.2) is 11.5 Å². The van der Waals surface area contributed by atoms with Crippen molar-refractivity contribution in [3.05, 3.63) is 87.7 Å². The predicted octanol–water partition coefficient (Wildman–Crippen LogP) is 5.71. The fourth-order valence-corrected chi connectivity index (χ4v) is 4.51. The molecule has 36 heavy (non-hydrogen) atoms. The Morgan fingerprint density at radius 2 is 1.83 bits per heavy atom. The second-order valence-corrected chi connectivity index (χ2v) is 9.55. The number of hydrogen-bond donors (Lipinski definition) is 1. The third-order valence-electron chi connectivity index (χ3n) is 5.74. The lowest BCUT2D eigenvalue weighted by atomic mass is 10.0. The minimum absolute atomic E-state index is 0.0285. The summed E-state index contributed by atoms with van der Waals surface area (Å²) in [5.74, 6) is 0.789. The number of ether oxygens (including phenoxy) is 1. The van der Waals surface area contributed by atoms with E-state index in [1.807, 2.05) is 61.5 Å². The summed E-state index contributed by atoms with van der Waals surface area (Å²) in [7, 11) is 1.64. The van der Waals surface area contributed by atoms with E-state index in [4.69, 9.17) is 16.3 Å². The predicted molar refractivity (Wildman–Crippen MR) is 143 cm³/mol. The van der Waals surface area contributed by atoms with Gasteiger partial charge in [-0.2, -0.15) is 10.2 Å². The van der Waals surface area contributed by atoms with E-state index in [9.17, 15) is 4.79 Å². The molecule has 0 fully saturated rings. The summed E-state index contributed by atoms with van der Waals surface area (Å²) in [5.41, 5.74) is 4.48. The summed E-state index contributed by atoms with van der Waals surface area (Å²) in [6.45, 7) is 2.41. The second-order valence-electron chi connectivity index (χ2n) is 8.23. The number of nitrogens with one attached hydrogen (secondary N) is 1. The molecule has 182 valence electrons. The number of aromatic nitrogens is 5. The van der Waals surface area contributed by atoms with E-state index >= 15 is 0 Å². The first-order valence-corrected chi connectivity index (χ1v) is 12.3. The van der Waals surface area contributed by atoms with Crippen LogP contribution < -0.4 is 10.1 Å². The number of benzene rings is 2. The van der Waals surface area contributed by atoms with Crippen LogP contribution in [0.25, 0.3) is 22.2 Å². The molecule has 3 aromatic heterocycles. The van der Waals surface area contributed by atoms with Gasteiger partial charge >= 0.3 is 0 Å². The maximum atomic E-state index is 12.9. The van der Waals surface area contributed by atoms with Crippen molar-refractivity contribution < 1.29 is 9.53 Å². The van der Waals surface area contributed by atoms with Crippen LogP contribution >= 0.6 is 27.5 Å². The standard InChI is InChI=1S/C26H22BrClN6O2/c1-16-24-21(18-5-9-20(36-2)10-6-18)11-12-29-26(24)34(31-16)15-23(35)30-25-22(28)14-33(32-25)13-17-3-7-19(27)8-4-17/h3-12,14H,13,15H2,1-2H3,(H,30,32,35). The Morgan fingerprint density at radius 3 is 2.56 bits per heavy atom. The molecule has 3 heterocycles. The molecule has 0 saturated carbocycles. The zero-order chi connectivity index (χ0) is 25.2. The van der Waals surface area contributed by atoms with Crippen LogP contribution in [-0.4, -0.2) is 37.6 Å². The number of methoxy groups -OCH3 is 1. The van der Waals surface area contributed by atoms with E-state index < -0.39 is 0 Å². The topological polar surface area (TPSA) is 86.9 Å². The molecule has 0 spiro atoms. The third-order valence-corrected chi connectivity index (χ3v) is 6.54. The number of anilines is 1. The SMILES string of the molecule is COc1ccc(-c2ccnc3c2c(C)nn3CC(=O)Nc2nn(Cc3ccc(Br)cc3)cc2Cl)cc1. The van der Waals surface area contributed by atoms with Crippen LogP contribution in [0.4, 0.5) is 5.82 Å². The van der Waals surface area contributed by atoms with Crippen molar-refractivity contribution in [2.45, 2.75) is 20.0 Å². The number of pyridine rings is 1. The number of nitrogens with zero attached hydrogens (tertiary/aromatic N) is 5. The Balaban J connectivity index is 1.35. The summed E-state index contributed by atoms with van der Waals surface area (Å²) < 4.78 is 9.56. The van der Waals surface area contributed by atoms with Crippen molar-refractivity contribution in [1.29, 1.82) is 0 Å². The molecule has 0 radical (unpaired) electrons. The highest BCUT2D eigenvalue weighted by molar-refractivity contribution is 9.10. The van der Waals surface area contributed by atoms with Crippen LogP contribution in [0, 0.1) is 6.92 Å². The highest BCUT2D eigenvalue weighted by atomic mass is 79.9. The maximum absolute atomic E-state index is 12.9. The van der Waals surface area contributed by atoms with Gasteiger partial charge < -0.3 is 10.1 Å². The van der Waals surface area contributed by atoms with E-state index in [0.29, 0.717) is 23.0 Å². The Kier molecular flexibility index (Phi) is 6.75. The van der Waals surface area contributed by atoms with Gasteiger partial charge in [0.25, 0.3) is 0 Å². The lowest BCUT2D eigenvalue weighted by Gasteiger charge is -2.07. The van der Waals surface area contributed by atoms with Gasteiger partial charge in [-0.1, -0.05) is 51.8 Å². The van der Waals surface area contributed by atoms with Crippen molar-refractivity contribution in [2.24, 2.45) is 0 Å². The summed E-state index contributed by atoms with van der Waals surface area (Å²) in [4.78, 5) is 17.4. The number of hydrogen-bond acceptors (Lipinski definition) is 5. The largest absolute Gasteiger partial charge is 0.497 e. The van der Waals surface area contributed by atoms with Crippen LogP contribution in [0.5, 0.6) is 5.75 Å². The number of rotatable bonds is 7. The molecule has 8 nitrogen and oxygen atoms in total. The molecule has 1 amide bonds. The molecular formula is C26H22BrClN6O2. The van der Waals surface area contributed by atoms with Crippen molar-refractivity contribution in [1.82, 2.24) is 24.5 Å². The summed E-state index contributed by atoms with van der Waals surface area (Å²) in [6, 6.07) is 17.7. The van der Waals surface area contributed by atoms with Gasteiger partial charge in [0, 0.05) is 22.3 Å². The molecule has 2 aromatic carbocycles. The molecule has 0 saturated heterocycles. The molecule has 0 aliphatic rings. The van der Waals surface area contributed by atoms with E-state index in [-0.39, 0.29) is 12.5 Å². The van der Waals surface area contributed by atoms with Gasteiger partial charge in [-0.25, -0.2) is 9.67 Å². The number of fused-ring (bicyclic) bond motifs is 1. The molecule has 0 atom stereocenters. The summed E-state index contributed by atoms with van der Waals surface area (Å²) in [6.07, 6.45) is 3.41. The van der Waals surface area contributed by atoms with E-state index in [0.717, 1.165) is 38.0 Å². The average molecular weight is 566 g/mol. The van der Waals surface area contributed by atoms with Gasteiger partial charge in [0.2, 0.25) is 5.91 Å². The van der Waals surface area contributed by atoms with E-state index in [1.54, 1.807) is 28.9 Å². The molecule has 10 heteroatoms. The molecule has 0 bridgehead atoms. The average Bonchev–Trinajstić information content (AvgIpc) is 3.38. The molecule has 0 unspecified atom stereocenters. The van der Waals surface area contributed by atoms with Crippen molar-refractivity contribution in [2.75, 3.05) is 12.4 Å². The van der Waals surface area contributed by atoms with Gasteiger partial charge in [-0.15, -0.1) is 0 Å². The zero-order valence-electron chi connectivity index (χ0n) is 19.6. The maximum Gasteiger partial charge on any atom is 0.247 e. The number of amides is 1. The summed E-state index contributed by atoms with van der Waals surface area (Å²) >= 11 is 9.77. The fourth-order valence-electron chi connectivity index (χ4n) is 4.05. The molecule has 5 aromatic rings. The molecular weight excluding hydrogens is 544 g/mol. The first kappa shape index (κ1) is 24.0. The van der Waals surface area contributed by atoms with Gasteiger partial charge in [-0.3, -0.25) is 9.48 Å². The van der Waals surface area contributed by atoms with Crippen LogP contribution in [0.1, 0.15) is 11.3 Å². The number of halogens is 2. The van der Waals surface area contributed by atoms with Gasteiger partial charge in [0.1, 0.15) is 17.3 Å². The molecule has 1 N–H and O–H groups in total.